The summed E-state index contributed by atoms with van der Waals surface area (Å²) in [5.41, 5.74) is 2.40. The van der Waals surface area contributed by atoms with Gasteiger partial charge in [-0.15, -0.1) is 0 Å². The van der Waals surface area contributed by atoms with Gasteiger partial charge in [0.15, 0.2) is 0 Å². The smallest absolute Gasteiger partial charge is 0.462 e. The molecule has 0 fully saturated rings. The average Bonchev–Trinajstić information content (AvgIpc) is 2.85. The van der Waals surface area contributed by atoms with Crippen LogP contribution in [-0.2, 0) is 18.6 Å². The van der Waals surface area contributed by atoms with Crippen LogP contribution in [-0.4, -0.2) is 39.2 Å². The molecule has 0 radical (unpaired) electrons. The minimum atomic E-state index is -4.66. The SMILES string of the molecule is C=C/C=C(\C)CCC1C/C=C\C=C(\C)C(OP(=O)(O)O)CCC\C=C/C=C\C=C\C(O)C(C)C(=C)CC(=O)O1. The second-order valence-corrected chi connectivity index (χ2v) is 11.0. The summed E-state index contributed by atoms with van der Waals surface area (Å²) in [5.74, 6) is -0.719. The lowest BCUT2D eigenvalue weighted by molar-refractivity contribution is -0.148. The number of cyclic esters (lactones) is 1. The minimum Gasteiger partial charge on any atom is -0.462 e. The molecule has 0 amide bonds. The minimum absolute atomic E-state index is 0.00669. The molecule has 0 saturated heterocycles. The fraction of sp³-hybridized carbons (Fsp3) is 0.452. The van der Waals surface area contributed by atoms with Crippen LogP contribution in [0.15, 0.2) is 96.7 Å². The molecule has 0 aliphatic carbocycles. The van der Waals surface area contributed by atoms with Crippen LogP contribution in [0, 0.1) is 5.92 Å². The quantitative estimate of drug-likeness (QED) is 0.139. The first kappa shape index (κ1) is 34.5. The molecular formula is C31H45O7P. The molecule has 0 aromatic rings. The van der Waals surface area contributed by atoms with Crippen molar-refractivity contribution in [1.82, 2.24) is 0 Å². The van der Waals surface area contributed by atoms with Crippen LogP contribution in [0.1, 0.15) is 65.7 Å². The molecule has 0 aromatic heterocycles. The highest BCUT2D eigenvalue weighted by Gasteiger charge is 2.23. The molecule has 4 unspecified atom stereocenters. The van der Waals surface area contributed by atoms with Gasteiger partial charge in [0.05, 0.1) is 18.6 Å². The van der Waals surface area contributed by atoms with E-state index >= 15 is 0 Å². The number of ether oxygens (including phenoxy) is 1. The number of rotatable bonds is 6. The van der Waals surface area contributed by atoms with Crippen molar-refractivity contribution in [2.24, 2.45) is 5.92 Å². The fourth-order valence-electron chi connectivity index (χ4n) is 3.87. The van der Waals surface area contributed by atoms with Crippen molar-refractivity contribution in [3.05, 3.63) is 96.7 Å². The maximum Gasteiger partial charge on any atom is 0.470 e. The average molecular weight is 561 g/mol. The zero-order valence-corrected chi connectivity index (χ0v) is 24.3. The molecule has 4 atom stereocenters. The Morgan fingerprint density at radius 2 is 1.92 bits per heavy atom. The highest BCUT2D eigenvalue weighted by molar-refractivity contribution is 7.46. The second kappa shape index (κ2) is 18.7. The monoisotopic (exact) mass is 560 g/mol. The van der Waals surface area contributed by atoms with Crippen molar-refractivity contribution < 1.29 is 33.5 Å². The Bertz CT molecular complexity index is 1030. The Kier molecular flexibility index (Phi) is 16.5. The van der Waals surface area contributed by atoms with Crippen molar-refractivity contribution in [1.29, 1.82) is 0 Å². The van der Waals surface area contributed by atoms with E-state index in [1.807, 2.05) is 44.2 Å². The zero-order valence-electron chi connectivity index (χ0n) is 23.4. The third kappa shape index (κ3) is 16.2. The summed E-state index contributed by atoms with van der Waals surface area (Å²) in [6.07, 6.45) is 21.7. The standard InChI is InChI=1S/C31H45O7P/c1-6-16-24(2)21-22-28-18-15-14-17-25(3)30(38-39(34,35)36)20-13-11-9-7-8-10-12-19-29(32)27(5)26(4)23-31(33)37-28/h6-10,12,14-17,19,27-30,32H,1,4,11,13,18,20-23H2,2-3,5H3,(H2,34,35,36)/b9-7-,10-8-,15-14-,19-12+,24-16+,25-17-. The molecule has 216 valence electrons. The van der Waals surface area contributed by atoms with Crippen LogP contribution >= 0.6 is 7.82 Å². The van der Waals surface area contributed by atoms with Gasteiger partial charge in [-0.05, 0) is 51.5 Å². The number of esters is 1. The highest BCUT2D eigenvalue weighted by Crippen LogP contribution is 2.40. The summed E-state index contributed by atoms with van der Waals surface area (Å²) in [7, 11) is -4.66. The predicted octanol–water partition coefficient (Wildman–Crippen LogP) is 6.98. The number of allylic oxidation sites excluding steroid dienone is 10. The summed E-state index contributed by atoms with van der Waals surface area (Å²) in [4.78, 5) is 31.5. The first-order chi connectivity index (χ1) is 18.4. The summed E-state index contributed by atoms with van der Waals surface area (Å²) >= 11 is 0. The molecule has 1 rings (SSSR count). The highest BCUT2D eigenvalue weighted by atomic mass is 31.2. The number of hydrogen-bond donors (Lipinski definition) is 3. The lowest BCUT2D eigenvalue weighted by atomic mass is 9.93. The lowest BCUT2D eigenvalue weighted by Gasteiger charge is -2.21. The van der Waals surface area contributed by atoms with E-state index in [0.29, 0.717) is 43.3 Å². The molecule has 3 N–H and O–H groups in total. The maximum atomic E-state index is 12.7. The van der Waals surface area contributed by atoms with Crippen molar-refractivity contribution in [3.8, 4) is 0 Å². The Hall–Kier alpha value is -2.54. The third-order valence-electron chi connectivity index (χ3n) is 6.37. The Morgan fingerprint density at radius 3 is 2.62 bits per heavy atom. The van der Waals surface area contributed by atoms with Gasteiger partial charge in [-0.25, -0.2) is 4.57 Å². The summed E-state index contributed by atoms with van der Waals surface area (Å²) in [5, 5.41) is 10.5. The number of aliphatic hydroxyl groups excluding tert-OH is 1. The van der Waals surface area contributed by atoms with Crippen LogP contribution in [0.25, 0.3) is 0 Å². The van der Waals surface area contributed by atoms with Gasteiger partial charge in [-0.1, -0.05) is 98.1 Å². The van der Waals surface area contributed by atoms with Crippen LogP contribution in [0.2, 0.25) is 0 Å². The molecule has 1 aliphatic rings. The third-order valence-corrected chi connectivity index (χ3v) is 6.90. The first-order valence-corrected chi connectivity index (χ1v) is 14.9. The second-order valence-electron chi connectivity index (χ2n) is 9.80. The van der Waals surface area contributed by atoms with E-state index in [-0.39, 0.29) is 18.4 Å². The van der Waals surface area contributed by atoms with E-state index in [1.54, 1.807) is 43.4 Å². The van der Waals surface area contributed by atoms with Crippen molar-refractivity contribution in [2.45, 2.75) is 84.0 Å². The topological polar surface area (TPSA) is 113 Å². The number of aliphatic hydroxyl groups is 1. The molecule has 7 nitrogen and oxygen atoms in total. The predicted molar refractivity (Wildman–Crippen MR) is 158 cm³/mol. The molecule has 0 saturated carbocycles. The van der Waals surface area contributed by atoms with Crippen molar-refractivity contribution in [3.63, 3.8) is 0 Å². The van der Waals surface area contributed by atoms with E-state index in [9.17, 15) is 24.3 Å². The molecule has 0 aromatic carbocycles. The Labute approximate surface area is 233 Å². The number of phosphoric acid groups is 1. The molecular weight excluding hydrogens is 515 g/mol. The van der Waals surface area contributed by atoms with Crippen LogP contribution in [0.3, 0.4) is 0 Å². The van der Waals surface area contributed by atoms with Crippen LogP contribution in [0.5, 0.6) is 0 Å². The Balaban J connectivity index is 3.16. The number of carbonyl (C=O) groups is 1. The molecule has 8 heteroatoms. The lowest BCUT2D eigenvalue weighted by Crippen LogP contribution is -2.22. The van der Waals surface area contributed by atoms with Gasteiger partial charge in [0.25, 0.3) is 0 Å². The van der Waals surface area contributed by atoms with Gasteiger partial charge in [0, 0.05) is 12.3 Å². The largest absolute Gasteiger partial charge is 0.470 e. The summed E-state index contributed by atoms with van der Waals surface area (Å²) < 4.78 is 22.3. The normalized spacial score (nSPS) is 30.0. The number of carbonyl (C=O) groups excluding carboxylic acids is 1. The maximum absolute atomic E-state index is 12.7. The molecule has 0 bridgehead atoms. The van der Waals surface area contributed by atoms with Gasteiger partial charge in [-0.2, -0.15) is 0 Å². The Morgan fingerprint density at radius 1 is 1.21 bits per heavy atom. The van der Waals surface area contributed by atoms with E-state index in [0.717, 1.165) is 12.0 Å². The van der Waals surface area contributed by atoms with E-state index in [4.69, 9.17) is 9.26 Å². The molecule has 1 aliphatic heterocycles. The first-order valence-electron chi connectivity index (χ1n) is 13.3. The summed E-state index contributed by atoms with van der Waals surface area (Å²) in [6.45, 7) is 13.3. The number of phosphoric ester groups is 1. The molecule has 0 spiro atoms. The van der Waals surface area contributed by atoms with Gasteiger partial charge < -0.3 is 19.6 Å². The van der Waals surface area contributed by atoms with E-state index in [1.165, 1.54) is 0 Å². The van der Waals surface area contributed by atoms with E-state index < -0.39 is 26.0 Å². The molecule has 1 heterocycles. The zero-order chi connectivity index (χ0) is 29.3. The number of hydrogen-bond acceptors (Lipinski definition) is 5. The van der Waals surface area contributed by atoms with Gasteiger partial charge >= 0.3 is 13.8 Å². The van der Waals surface area contributed by atoms with Crippen molar-refractivity contribution in [2.75, 3.05) is 0 Å². The van der Waals surface area contributed by atoms with Gasteiger partial charge in [-0.3, -0.25) is 9.32 Å². The van der Waals surface area contributed by atoms with Crippen molar-refractivity contribution >= 4 is 13.8 Å². The fourth-order valence-corrected chi connectivity index (χ4v) is 4.47. The van der Waals surface area contributed by atoms with Crippen LogP contribution < -0.4 is 0 Å². The molecule has 39 heavy (non-hydrogen) atoms. The van der Waals surface area contributed by atoms with Crippen LogP contribution in [0.4, 0.5) is 0 Å². The van der Waals surface area contributed by atoms with Gasteiger partial charge in [0.2, 0.25) is 0 Å². The van der Waals surface area contributed by atoms with E-state index in [2.05, 4.69) is 13.2 Å². The summed E-state index contributed by atoms with van der Waals surface area (Å²) in [6, 6.07) is 0. The van der Waals surface area contributed by atoms with Gasteiger partial charge in [0.1, 0.15) is 6.10 Å².